The van der Waals surface area contributed by atoms with Crippen LogP contribution in [0.15, 0.2) is 12.1 Å². The number of rotatable bonds is 5. The molecule has 0 unspecified atom stereocenters. The smallest absolute Gasteiger partial charge is 0.149 e. The molecule has 0 bridgehead atoms. The fourth-order valence-electron chi connectivity index (χ4n) is 1.52. The van der Waals surface area contributed by atoms with Crippen LogP contribution in [0.25, 0.3) is 0 Å². The summed E-state index contributed by atoms with van der Waals surface area (Å²) in [5, 5.41) is 7.86. The van der Waals surface area contributed by atoms with E-state index in [-0.39, 0.29) is 17.0 Å². The average Bonchev–Trinajstić information content (AvgIpc) is 2.29. The van der Waals surface area contributed by atoms with E-state index in [4.69, 9.17) is 11.1 Å². The predicted octanol–water partition coefficient (Wildman–Crippen LogP) is 2.65. The van der Waals surface area contributed by atoms with Crippen LogP contribution in [0.2, 0.25) is 0 Å². The van der Waals surface area contributed by atoms with E-state index in [1.54, 1.807) is 0 Å². The predicted molar refractivity (Wildman–Crippen MR) is 70.0 cm³/mol. The zero-order chi connectivity index (χ0) is 13.9. The summed E-state index contributed by atoms with van der Waals surface area (Å²) in [6.45, 7) is 4.73. The zero-order valence-corrected chi connectivity index (χ0v) is 10.9. The molecule has 0 amide bonds. The summed E-state index contributed by atoms with van der Waals surface area (Å²) in [6.07, 6.45) is 0.405. The maximum Gasteiger partial charge on any atom is 0.149 e. The Morgan fingerprint density at radius 1 is 1.39 bits per heavy atom. The van der Waals surface area contributed by atoms with Crippen LogP contribution in [0.4, 0.5) is 14.5 Å². The molecule has 1 rings (SSSR count). The summed E-state index contributed by atoms with van der Waals surface area (Å²) in [5.74, 6) is -1.52. The highest BCUT2D eigenvalue weighted by Crippen LogP contribution is 2.19. The molecular formula is C13H19F2N3. The van der Waals surface area contributed by atoms with E-state index in [9.17, 15) is 8.78 Å². The minimum Gasteiger partial charge on any atom is -0.396 e. The molecule has 18 heavy (non-hydrogen) atoms. The molecular weight excluding hydrogens is 236 g/mol. The second-order valence-electron chi connectivity index (χ2n) is 4.65. The number of benzene rings is 1. The third-order valence-corrected chi connectivity index (χ3v) is 3.02. The first-order valence-corrected chi connectivity index (χ1v) is 5.85. The van der Waals surface area contributed by atoms with Gasteiger partial charge in [-0.3, -0.25) is 0 Å². The van der Waals surface area contributed by atoms with Crippen molar-refractivity contribution in [3.63, 3.8) is 0 Å². The summed E-state index contributed by atoms with van der Waals surface area (Å²) in [4.78, 5) is 2.06. The number of nitrogen functional groups attached to an aromatic ring is 1. The Balaban J connectivity index is 2.79. The molecule has 0 saturated carbocycles. The highest BCUT2D eigenvalue weighted by atomic mass is 19.1. The molecule has 1 aromatic rings. The summed E-state index contributed by atoms with van der Waals surface area (Å²) >= 11 is 0. The molecule has 3 nitrogen and oxygen atoms in total. The Bertz CT molecular complexity index is 444. The van der Waals surface area contributed by atoms with E-state index >= 15 is 0 Å². The first-order chi connectivity index (χ1) is 8.32. The van der Waals surface area contributed by atoms with E-state index in [2.05, 4.69) is 4.90 Å². The minimum atomic E-state index is -0.813. The van der Waals surface area contributed by atoms with Crippen LogP contribution < -0.4 is 5.73 Å². The molecule has 0 fully saturated rings. The maximum absolute atomic E-state index is 13.3. The van der Waals surface area contributed by atoms with Crippen LogP contribution in [-0.2, 0) is 0 Å². The van der Waals surface area contributed by atoms with Gasteiger partial charge >= 0.3 is 0 Å². The normalized spacial score (nSPS) is 11.3. The van der Waals surface area contributed by atoms with E-state index in [1.165, 1.54) is 0 Å². The highest BCUT2D eigenvalue weighted by Gasteiger charge is 2.13. The van der Waals surface area contributed by atoms with Crippen LogP contribution in [0, 0.1) is 17.0 Å². The second-order valence-corrected chi connectivity index (χ2v) is 4.65. The fourth-order valence-corrected chi connectivity index (χ4v) is 1.52. The Morgan fingerprint density at radius 2 is 2.00 bits per heavy atom. The van der Waals surface area contributed by atoms with E-state index in [0.29, 0.717) is 19.0 Å². The van der Waals surface area contributed by atoms with E-state index < -0.39 is 11.6 Å². The number of nitrogens with two attached hydrogens (primary N) is 1. The van der Waals surface area contributed by atoms with Gasteiger partial charge in [-0.1, -0.05) is 0 Å². The van der Waals surface area contributed by atoms with Gasteiger partial charge in [0.25, 0.3) is 0 Å². The van der Waals surface area contributed by atoms with E-state index in [1.807, 2.05) is 20.9 Å². The van der Waals surface area contributed by atoms with Crippen molar-refractivity contribution in [1.82, 2.24) is 4.90 Å². The first-order valence-electron chi connectivity index (χ1n) is 5.85. The van der Waals surface area contributed by atoms with Crippen LogP contribution in [0.5, 0.6) is 0 Å². The van der Waals surface area contributed by atoms with Crippen molar-refractivity contribution in [1.29, 1.82) is 5.41 Å². The minimum absolute atomic E-state index is 0.143. The average molecular weight is 255 g/mol. The lowest BCUT2D eigenvalue weighted by Crippen LogP contribution is -2.28. The Labute approximate surface area is 106 Å². The number of hydrogen-bond acceptors (Lipinski definition) is 3. The summed E-state index contributed by atoms with van der Waals surface area (Å²) < 4.78 is 26.3. The van der Waals surface area contributed by atoms with Gasteiger partial charge in [0.15, 0.2) is 0 Å². The summed E-state index contributed by atoms with van der Waals surface area (Å²) in [5.41, 5.74) is 5.66. The molecule has 0 aromatic heterocycles. The molecule has 0 aliphatic heterocycles. The summed E-state index contributed by atoms with van der Waals surface area (Å²) in [6, 6.07) is 2.20. The Hall–Kier alpha value is -1.49. The van der Waals surface area contributed by atoms with Crippen LogP contribution >= 0.6 is 0 Å². The lowest BCUT2D eigenvalue weighted by Gasteiger charge is -2.21. The number of anilines is 1. The third-order valence-electron chi connectivity index (χ3n) is 3.02. The third kappa shape index (κ3) is 3.50. The van der Waals surface area contributed by atoms with Crippen molar-refractivity contribution in [3.05, 3.63) is 29.3 Å². The monoisotopic (exact) mass is 255 g/mol. The molecule has 1 aromatic carbocycles. The molecule has 0 aliphatic rings. The van der Waals surface area contributed by atoms with Gasteiger partial charge < -0.3 is 16.0 Å². The molecule has 0 spiro atoms. The van der Waals surface area contributed by atoms with Gasteiger partial charge in [-0.25, -0.2) is 8.78 Å². The molecule has 100 valence electrons. The van der Waals surface area contributed by atoms with Crippen molar-refractivity contribution < 1.29 is 8.78 Å². The van der Waals surface area contributed by atoms with Gasteiger partial charge in [0, 0.05) is 36.3 Å². The van der Waals surface area contributed by atoms with Gasteiger partial charge in [-0.05, 0) is 27.0 Å². The van der Waals surface area contributed by atoms with Gasteiger partial charge in [0.05, 0.1) is 5.69 Å². The quantitative estimate of drug-likeness (QED) is 0.627. The standard InChI is InChI=1S/C13H19F2N3/c1-8(2)18(3)5-4-12(16)10-6-9(14)7-11(15)13(10)17/h6-8,16H,4-5,17H2,1-3H3. The fraction of sp³-hybridized carbons (Fsp3) is 0.462. The molecule has 0 radical (unpaired) electrons. The summed E-state index contributed by atoms with van der Waals surface area (Å²) in [7, 11) is 1.94. The Morgan fingerprint density at radius 3 is 2.56 bits per heavy atom. The topological polar surface area (TPSA) is 53.1 Å². The van der Waals surface area contributed by atoms with Crippen LogP contribution in [0.3, 0.4) is 0 Å². The molecule has 3 N–H and O–H groups in total. The number of halogens is 2. The molecule has 0 atom stereocenters. The molecule has 0 aliphatic carbocycles. The van der Waals surface area contributed by atoms with Crippen LogP contribution in [0.1, 0.15) is 25.8 Å². The van der Waals surface area contributed by atoms with Gasteiger partial charge in [0.2, 0.25) is 0 Å². The van der Waals surface area contributed by atoms with Crippen molar-refractivity contribution in [2.75, 3.05) is 19.3 Å². The zero-order valence-electron chi connectivity index (χ0n) is 10.9. The van der Waals surface area contributed by atoms with E-state index in [0.717, 1.165) is 12.1 Å². The molecule has 0 heterocycles. The lowest BCUT2D eigenvalue weighted by atomic mass is 10.0. The maximum atomic E-state index is 13.3. The van der Waals surface area contributed by atoms with Gasteiger partial charge in [-0.2, -0.15) is 0 Å². The van der Waals surface area contributed by atoms with Crippen molar-refractivity contribution in [2.45, 2.75) is 26.3 Å². The number of nitrogens with zero attached hydrogens (tertiary/aromatic N) is 1. The van der Waals surface area contributed by atoms with Crippen molar-refractivity contribution in [3.8, 4) is 0 Å². The largest absolute Gasteiger partial charge is 0.396 e. The highest BCUT2D eigenvalue weighted by molar-refractivity contribution is 6.02. The van der Waals surface area contributed by atoms with Crippen molar-refractivity contribution in [2.24, 2.45) is 0 Å². The molecule has 0 saturated heterocycles. The number of nitrogens with one attached hydrogen (secondary N) is 1. The number of hydrogen-bond donors (Lipinski definition) is 2. The van der Waals surface area contributed by atoms with Gasteiger partial charge in [0.1, 0.15) is 11.6 Å². The van der Waals surface area contributed by atoms with Crippen LogP contribution in [-0.4, -0.2) is 30.2 Å². The second kappa shape index (κ2) is 5.91. The lowest BCUT2D eigenvalue weighted by molar-refractivity contribution is 0.282. The van der Waals surface area contributed by atoms with Gasteiger partial charge in [-0.15, -0.1) is 0 Å². The SMILES string of the molecule is CC(C)N(C)CCC(=N)c1cc(F)cc(F)c1N. The molecule has 5 heteroatoms. The first kappa shape index (κ1) is 14.6. The van der Waals surface area contributed by atoms with Crippen molar-refractivity contribution >= 4 is 11.4 Å². The Kier molecular flexibility index (Phi) is 4.78.